The summed E-state index contributed by atoms with van der Waals surface area (Å²) in [6.45, 7) is 1.99. The van der Waals surface area contributed by atoms with Crippen molar-refractivity contribution in [2.45, 2.75) is 19.8 Å². The number of ketones is 1. The van der Waals surface area contributed by atoms with Gasteiger partial charge in [0, 0.05) is 6.42 Å². The van der Waals surface area contributed by atoms with E-state index in [-0.39, 0.29) is 17.6 Å². The number of halogens is 1. The van der Waals surface area contributed by atoms with Gasteiger partial charge in [0.15, 0.2) is 0 Å². The number of rotatable bonds is 4. The van der Waals surface area contributed by atoms with Crippen molar-refractivity contribution in [3.63, 3.8) is 0 Å². The van der Waals surface area contributed by atoms with Crippen molar-refractivity contribution in [2.24, 2.45) is 0 Å². The largest absolute Gasteiger partial charge is 0.418 e. The first-order valence-electron chi connectivity index (χ1n) is 3.69. The Hall–Kier alpha value is -0.900. The van der Waals surface area contributed by atoms with Gasteiger partial charge in [0.2, 0.25) is 11.7 Å². The molecule has 0 atom stereocenters. The third-order valence-corrected chi connectivity index (χ3v) is 1.53. The minimum absolute atomic E-state index is 0.00782. The van der Waals surface area contributed by atoms with Crippen molar-refractivity contribution in [2.75, 3.05) is 5.88 Å². The van der Waals surface area contributed by atoms with Crippen LogP contribution in [0.4, 0.5) is 0 Å². The van der Waals surface area contributed by atoms with Crippen LogP contribution in [0.25, 0.3) is 0 Å². The van der Waals surface area contributed by atoms with Crippen molar-refractivity contribution in [1.82, 2.24) is 10.2 Å². The van der Waals surface area contributed by atoms with E-state index in [1.54, 1.807) is 0 Å². The molecular weight excluding hydrogens is 180 g/mol. The van der Waals surface area contributed by atoms with E-state index < -0.39 is 0 Å². The lowest BCUT2D eigenvalue weighted by atomic mass is 10.3. The quantitative estimate of drug-likeness (QED) is 0.530. The smallest absolute Gasteiger partial charge is 0.285 e. The van der Waals surface area contributed by atoms with Gasteiger partial charge in [0.25, 0.3) is 5.89 Å². The lowest BCUT2D eigenvalue weighted by molar-refractivity contribution is 0.0982. The van der Waals surface area contributed by atoms with Gasteiger partial charge in [-0.05, 0) is 6.42 Å². The summed E-state index contributed by atoms with van der Waals surface area (Å²) in [5.74, 6) is 0.0549. The summed E-state index contributed by atoms with van der Waals surface area (Å²) in [7, 11) is 0. The number of aryl methyl sites for hydroxylation is 1. The Morgan fingerprint density at radius 2 is 2.33 bits per heavy atom. The summed E-state index contributed by atoms with van der Waals surface area (Å²) in [4.78, 5) is 10.9. The van der Waals surface area contributed by atoms with Gasteiger partial charge in [-0.1, -0.05) is 6.92 Å². The Bertz CT molecular complexity index is 272. The SMILES string of the molecule is CCCc1nnc(C(=O)CCl)o1. The van der Waals surface area contributed by atoms with Crippen LogP contribution in [-0.2, 0) is 6.42 Å². The zero-order chi connectivity index (χ0) is 8.97. The predicted molar refractivity (Wildman–Crippen MR) is 43.3 cm³/mol. The highest BCUT2D eigenvalue weighted by molar-refractivity contribution is 6.29. The zero-order valence-corrected chi connectivity index (χ0v) is 7.47. The van der Waals surface area contributed by atoms with Crippen molar-refractivity contribution >= 4 is 17.4 Å². The molecule has 1 heterocycles. The molecule has 0 spiro atoms. The maximum atomic E-state index is 10.9. The number of alkyl halides is 1. The Labute approximate surface area is 74.9 Å². The molecule has 66 valence electrons. The molecular formula is C7H9ClN2O2. The van der Waals surface area contributed by atoms with Crippen LogP contribution in [0, 0.1) is 0 Å². The Balaban J connectivity index is 2.70. The molecule has 0 radical (unpaired) electrons. The molecule has 0 amide bonds. The molecule has 1 aromatic rings. The second-order valence-corrected chi connectivity index (χ2v) is 2.58. The van der Waals surface area contributed by atoms with Gasteiger partial charge in [0.1, 0.15) is 0 Å². The van der Waals surface area contributed by atoms with Crippen LogP contribution in [0.15, 0.2) is 4.42 Å². The molecule has 1 rings (SSSR count). The van der Waals surface area contributed by atoms with E-state index in [1.165, 1.54) is 0 Å². The zero-order valence-electron chi connectivity index (χ0n) is 6.71. The van der Waals surface area contributed by atoms with Crippen LogP contribution in [0.3, 0.4) is 0 Å². The molecule has 0 aromatic carbocycles. The molecule has 4 nitrogen and oxygen atoms in total. The number of carbonyl (C=O) groups is 1. The van der Waals surface area contributed by atoms with Gasteiger partial charge in [-0.25, -0.2) is 0 Å². The topological polar surface area (TPSA) is 56.0 Å². The van der Waals surface area contributed by atoms with Gasteiger partial charge in [0.05, 0.1) is 5.88 Å². The van der Waals surface area contributed by atoms with Crippen LogP contribution in [0.2, 0.25) is 0 Å². The van der Waals surface area contributed by atoms with Crippen LogP contribution >= 0.6 is 11.6 Å². The number of carbonyl (C=O) groups excluding carboxylic acids is 1. The van der Waals surface area contributed by atoms with E-state index in [0.29, 0.717) is 12.3 Å². The van der Waals surface area contributed by atoms with Gasteiger partial charge in [-0.2, -0.15) is 0 Å². The average molecular weight is 189 g/mol. The molecule has 0 fully saturated rings. The van der Waals surface area contributed by atoms with Crippen LogP contribution in [-0.4, -0.2) is 21.9 Å². The fourth-order valence-corrected chi connectivity index (χ4v) is 0.853. The Morgan fingerprint density at radius 1 is 1.58 bits per heavy atom. The first-order valence-corrected chi connectivity index (χ1v) is 4.23. The number of Topliss-reactive ketones (excluding diaryl/α,β-unsaturated/α-hetero) is 1. The molecule has 0 saturated heterocycles. The summed E-state index contributed by atoms with van der Waals surface area (Å²) < 4.78 is 5.02. The van der Waals surface area contributed by atoms with E-state index in [0.717, 1.165) is 6.42 Å². The van der Waals surface area contributed by atoms with Crippen molar-refractivity contribution in [3.05, 3.63) is 11.8 Å². The molecule has 0 N–H and O–H groups in total. The summed E-state index contributed by atoms with van der Waals surface area (Å²) in [6.07, 6.45) is 1.61. The molecule has 0 aliphatic rings. The average Bonchev–Trinajstić information content (AvgIpc) is 2.52. The third kappa shape index (κ3) is 2.04. The highest BCUT2D eigenvalue weighted by Crippen LogP contribution is 2.03. The maximum Gasteiger partial charge on any atom is 0.285 e. The molecule has 0 aliphatic heterocycles. The van der Waals surface area contributed by atoms with Crippen molar-refractivity contribution in [3.8, 4) is 0 Å². The number of nitrogens with zero attached hydrogens (tertiary/aromatic N) is 2. The van der Waals surface area contributed by atoms with E-state index in [4.69, 9.17) is 16.0 Å². The lowest BCUT2D eigenvalue weighted by Gasteiger charge is -1.86. The molecule has 12 heavy (non-hydrogen) atoms. The second-order valence-electron chi connectivity index (χ2n) is 2.31. The monoisotopic (exact) mass is 188 g/mol. The summed E-state index contributed by atoms with van der Waals surface area (Å²) in [5.41, 5.74) is 0. The van der Waals surface area contributed by atoms with Gasteiger partial charge >= 0.3 is 0 Å². The van der Waals surface area contributed by atoms with Crippen molar-refractivity contribution in [1.29, 1.82) is 0 Å². The summed E-state index contributed by atoms with van der Waals surface area (Å²) in [6, 6.07) is 0. The van der Waals surface area contributed by atoms with Crippen LogP contribution < -0.4 is 0 Å². The lowest BCUT2D eigenvalue weighted by Crippen LogP contribution is -1.99. The molecule has 0 aliphatic carbocycles. The predicted octanol–water partition coefficient (Wildman–Crippen LogP) is 1.44. The second kappa shape index (κ2) is 4.21. The fourth-order valence-electron chi connectivity index (χ4n) is 0.738. The number of aromatic nitrogens is 2. The fraction of sp³-hybridized carbons (Fsp3) is 0.571. The van der Waals surface area contributed by atoms with Crippen molar-refractivity contribution < 1.29 is 9.21 Å². The molecule has 1 aromatic heterocycles. The first kappa shape index (κ1) is 9.19. The highest BCUT2D eigenvalue weighted by atomic mass is 35.5. The van der Waals surface area contributed by atoms with Crippen LogP contribution in [0.5, 0.6) is 0 Å². The molecule has 0 unspecified atom stereocenters. The maximum absolute atomic E-state index is 10.9. The normalized spacial score (nSPS) is 10.2. The minimum Gasteiger partial charge on any atom is -0.418 e. The van der Waals surface area contributed by atoms with E-state index in [1.807, 2.05) is 6.92 Å². The molecule has 0 saturated carbocycles. The Morgan fingerprint density at radius 3 is 2.92 bits per heavy atom. The van der Waals surface area contributed by atoms with Gasteiger partial charge < -0.3 is 4.42 Å². The molecule has 0 bridgehead atoms. The standard InChI is InChI=1S/C7H9ClN2O2/c1-2-3-6-9-10-7(12-6)5(11)4-8/h2-4H2,1H3. The number of hydrogen-bond acceptors (Lipinski definition) is 4. The molecule has 5 heteroatoms. The minimum atomic E-state index is -0.327. The highest BCUT2D eigenvalue weighted by Gasteiger charge is 2.12. The third-order valence-electron chi connectivity index (χ3n) is 1.29. The number of hydrogen-bond donors (Lipinski definition) is 0. The van der Waals surface area contributed by atoms with Gasteiger partial charge in [-0.15, -0.1) is 21.8 Å². The Kier molecular flexibility index (Phi) is 3.22. The summed E-state index contributed by atoms with van der Waals surface area (Å²) >= 11 is 5.30. The van der Waals surface area contributed by atoms with E-state index >= 15 is 0 Å². The van der Waals surface area contributed by atoms with Crippen LogP contribution in [0.1, 0.15) is 29.9 Å². The first-order chi connectivity index (χ1) is 5.77. The van der Waals surface area contributed by atoms with E-state index in [9.17, 15) is 4.79 Å². The van der Waals surface area contributed by atoms with E-state index in [2.05, 4.69) is 10.2 Å². The summed E-state index contributed by atoms with van der Waals surface area (Å²) in [5, 5.41) is 7.23. The van der Waals surface area contributed by atoms with Gasteiger partial charge in [-0.3, -0.25) is 4.79 Å².